The third kappa shape index (κ3) is 6.50. The second kappa shape index (κ2) is 12.0. The van der Waals surface area contributed by atoms with Gasteiger partial charge in [0.25, 0.3) is 0 Å². The molecule has 0 saturated heterocycles. The van der Waals surface area contributed by atoms with Crippen molar-refractivity contribution in [1.82, 2.24) is 0 Å². The topological polar surface area (TPSA) is 9.23 Å². The molecular formula is C20H16F22O. The number of allylic oxidation sites excluding steroid dienone is 2. The number of hydrogen-bond donors (Lipinski definition) is 0. The molecule has 2 atom stereocenters. The third-order valence-electron chi connectivity index (χ3n) is 5.83. The van der Waals surface area contributed by atoms with Gasteiger partial charge >= 0.3 is 59.7 Å². The normalized spacial score (nSPS) is 17.1. The predicted molar refractivity (Wildman–Crippen MR) is 99.1 cm³/mol. The highest BCUT2D eigenvalue weighted by Gasteiger charge is 2.92. The molecule has 43 heavy (non-hydrogen) atoms. The molecule has 0 aliphatic carbocycles. The van der Waals surface area contributed by atoms with E-state index in [1.54, 1.807) is 0 Å². The van der Waals surface area contributed by atoms with Crippen molar-refractivity contribution < 1.29 is 101 Å². The second-order valence-corrected chi connectivity index (χ2v) is 8.68. The van der Waals surface area contributed by atoms with E-state index in [4.69, 9.17) is 0 Å². The Bertz CT molecular complexity index is 848. The highest BCUT2D eigenvalue weighted by Crippen LogP contribution is 2.62. The minimum absolute atomic E-state index is 0.0488. The van der Waals surface area contributed by atoms with Gasteiger partial charge in [0.15, 0.2) is 0 Å². The van der Waals surface area contributed by atoms with Gasteiger partial charge < -0.3 is 4.74 Å². The van der Waals surface area contributed by atoms with Crippen LogP contribution < -0.4 is 0 Å². The van der Waals surface area contributed by atoms with Crippen LogP contribution in [0.5, 0.6) is 0 Å². The van der Waals surface area contributed by atoms with Gasteiger partial charge in [0.05, 0.1) is 25.0 Å². The van der Waals surface area contributed by atoms with Gasteiger partial charge in [-0.3, -0.25) is 0 Å². The molecule has 0 amide bonds. The van der Waals surface area contributed by atoms with Crippen LogP contribution >= 0.6 is 0 Å². The van der Waals surface area contributed by atoms with E-state index in [9.17, 15) is 96.6 Å². The Labute approximate surface area is 225 Å². The van der Waals surface area contributed by atoms with E-state index < -0.39 is 97.6 Å². The van der Waals surface area contributed by atoms with Crippen LogP contribution in [-0.2, 0) is 4.74 Å². The van der Waals surface area contributed by atoms with Crippen molar-refractivity contribution in [2.24, 2.45) is 11.8 Å². The molecule has 256 valence electrons. The maximum Gasteiger partial charge on any atom is 0.438 e. The number of rotatable bonds is 14. The molecule has 0 aromatic heterocycles. The van der Waals surface area contributed by atoms with E-state index in [1.807, 2.05) is 0 Å². The minimum atomic E-state index is -7.99. The van der Waals surface area contributed by atoms with Crippen molar-refractivity contribution in [3.63, 3.8) is 0 Å². The summed E-state index contributed by atoms with van der Waals surface area (Å²) in [4.78, 5) is 0. The summed E-state index contributed by atoms with van der Waals surface area (Å²) in [7, 11) is 0. The first kappa shape index (κ1) is 40.9. The first-order valence-electron chi connectivity index (χ1n) is 10.6. The predicted octanol–water partition coefficient (Wildman–Crippen LogP) is 9.59. The molecular weight excluding hydrogens is 674 g/mol. The Morgan fingerprint density at radius 3 is 0.791 bits per heavy atom. The zero-order valence-corrected chi connectivity index (χ0v) is 20.3. The summed E-state index contributed by atoms with van der Waals surface area (Å²) in [6.07, 6.45) is -34.8. The first-order chi connectivity index (χ1) is 18.6. The fourth-order valence-electron chi connectivity index (χ4n) is 3.40. The lowest BCUT2D eigenvalue weighted by atomic mass is 9.82. The lowest BCUT2D eigenvalue weighted by Crippen LogP contribution is -2.71. The molecule has 0 fully saturated rings. The van der Waals surface area contributed by atoms with E-state index in [2.05, 4.69) is 17.9 Å². The summed E-state index contributed by atoms with van der Waals surface area (Å²) in [5.41, 5.74) is -16.0. The molecule has 0 radical (unpaired) electrons. The Hall–Kier alpha value is -2.10. The molecule has 0 aliphatic rings. The van der Waals surface area contributed by atoms with Crippen LogP contribution in [0.3, 0.4) is 0 Å². The molecule has 0 rings (SSSR count). The summed E-state index contributed by atoms with van der Waals surface area (Å²) in [5, 5.41) is 0. The average molecular weight is 690 g/mol. The molecule has 2 unspecified atom stereocenters. The Balaban J connectivity index is 6.64. The number of halogens is 22. The van der Waals surface area contributed by atoms with E-state index >= 15 is 0 Å². The van der Waals surface area contributed by atoms with Crippen molar-refractivity contribution in [2.45, 2.75) is 72.6 Å². The smallest absolute Gasteiger partial charge is 0.380 e. The highest BCUT2D eigenvalue weighted by atomic mass is 19.4. The van der Waals surface area contributed by atoms with Crippen LogP contribution in [-0.4, -0.2) is 72.9 Å². The van der Waals surface area contributed by atoms with Gasteiger partial charge in [0.1, 0.15) is 0 Å². The molecule has 0 heterocycles. The van der Waals surface area contributed by atoms with E-state index in [1.165, 1.54) is 0 Å². The molecule has 23 heteroatoms. The zero-order chi connectivity index (χ0) is 35.1. The van der Waals surface area contributed by atoms with Gasteiger partial charge in [-0.1, -0.05) is 12.2 Å². The van der Waals surface area contributed by atoms with E-state index in [-0.39, 0.29) is 12.2 Å². The summed E-state index contributed by atoms with van der Waals surface area (Å²) in [5.74, 6) is -36.9. The first-order valence-corrected chi connectivity index (χ1v) is 10.6. The van der Waals surface area contributed by atoms with E-state index in [0.29, 0.717) is 0 Å². The summed E-state index contributed by atoms with van der Waals surface area (Å²) < 4.78 is 298. The van der Waals surface area contributed by atoms with Crippen molar-refractivity contribution >= 4 is 0 Å². The van der Waals surface area contributed by atoms with Crippen LogP contribution in [0.1, 0.15) is 12.8 Å². The Kier molecular flexibility index (Phi) is 11.4. The maximum absolute atomic E-state index is 14.4. The maximum atomic E-state index is 14.4. The summed E-state index contributed by atoms with van der Waals surface area (Å²) >= 11 is 0. The third-order valence-corrected chi connectivity index (χ3v) is 5.83. The molecule has 0 N–H and O–H groups in total. The molecule has 1 nitrogen and oxygen atoms in total. The highest BCUT2D eigenvalue weighted by molar-refractivity contribution is 5.14. The fraction of sp³-hybridized carbons (Fsp3) is 0.800. The second-order valence-electron chi connectivity index (χ2n) is 8.68. The summed E-state index contributed by atoms with van der Waals surface area (Å²) in [6.45, 7) is 0.218. The standard InChI is InChI=1S/C20H16F22O/c1-3-5-9(11(21,22)15(27,28)13(25,17(31,32)33)18(34,35)36)7-43-8-10(6-4-2)12(23,24)16(29,30)14(26,19(37,38)39)20(40,41)42/h3-4,9-10H,1-2,5-8H2. The minimum Gasteiger partial charge on any atom is -0.380 e. The largest absolute Gasteiger partial charge is 0.438 e. The molecule has 0 aromatic carbocycles. The summed E-state index contributed by atoms with van der Waals surface area (Å²) in [6, 6.07) is 0. The van der Waals surface area contributed by atoms with Gasteiger partial charge in [-0.15, -0.1) is 13.2 Å². The molecule has 0 aromatic rings. The van der Waals surface area contributed by atoms with E-state index in [0.717, 1.165) is 0 Å². The lowest BCUT2D eigenvalue weighted by Gasteiger charge is -2.42. The number of alkyl halides is 22. The van der Waals surface area contributed by atoms with Crippen LogP contribution in [0.2, 0.25) is 0 Å². The van der Waals surface area contributed by atoms with Crippen molar-refractivity contribution in [2.75, 3.05) is 13.2 Å². The van der Waals surface area contributed by atoms with Gasteiger partial charge in [0, 0.05) is 0 Å². The Morgan fingerprint density at radius 1 is 0.419 bits per heavy atom. The zero-order valence-electron chi connectivity index (χ0n) is 20.3. The lowest BCUT2D eigenvalue weighted by molar-refractivity contribution is -0.433. The Morgan fingerprint density at radius 2 is 0.628 bits per heavy atom. The quantitative estimate of drug-likeness (QED) is 0.130. The SMILES string of the molecule is C=CCC(COCC(CC=C)C(F)(F)C(F)(F)C(F)(C(F)(F)F)C(F)(F)F)C(F)(F)C(F)(F)C(F)(C(F)(F)F)C(F)(F)F. The monoisotopic (exact) mass is 690 g/mol. The van der Waals surface area contributed by atoms with Crippen LogP contribution in [0.15, 0.2) is 25.3 Å². The van der Waals surface area contributed by atoms with Crippen LogP contribution in [0.25, 0.3) is 0 Å². The number of ether oxygens (including phenoxy) is 1. The number of hydrogen-bond acceptors (Lipinski definition) is 1. The molecule has 0 bridgehead atoms. The van der Waals surface area contributed by atoms with Crippen molar-refractivity contribution in [3.05, 3.63) is 25.3 Å². The molecule has 0 aliphatic heterocycles. The molecule has 0 saturated carbocycles. The van der Waals surface area contributed by atoms with Crippen molar-refractivity contribution in [3.8, 4) is 0 Å². The van der Waals surface area contributed by atoms with Gasteiger partial charge in [0.2, 0.25) is 0 Å². The van der Waals surface area contributed by atoms with Gasteiger partial charge in [-0.2, -0.15) is 87.8 Å². The van der Waals surface area contributed by atoms with Crippen molar-refractivity contribution in [1.29, 1.82) is 0 Å². The van der Waals surface area contributed by atoms with Gasteiger partial charge in [-0.25, -0.2) is 8.78 Å². The fourth-order valence-corrected chi connectivity index (χ4v) is 3.40. The average Bonchev–Trinajstić information content (AvgIpc) is 2.78. The molecule has 0 spiro atoms. The van der Waals surface area contributed by atoms with Gasteiger partial charge in [-0.05, 0) is 12.8 Å². The van der Waals surface area contributed by atoms with Crippen LogP contribution in [0, 0.1) is 11.8 Å². The van der Waals surface area contributed by atoms with Crippen LogP contribution in [0.4, 0.5) is 96.6 Å².